The van der Waals surface area contributed by atoms with Gasteiger partial charge in [0.2, 0.25) is 0 Å². The second-order valence-corrected chi connectivity index (χ2v) is 4.84. The molecule has 1 aromatic carbocycles. The third-order valence-corrected chi connectivity index (χ3v) is 2.84. The van der Waals surface area contributed by atoms with E-state index in [2.05, 4.69) is 5.32 Å². The van der Waals surface area contributed by atoms with Crippen molar-refractivity contribution in [3.8, 4) is 11.5 Å². The van der Waals surface area contributed by atoms with Crippen molar-refractivity contribution in [2.75, 3.05) is 26.8 Å². The van der Waals surface area contributed by atoms with E-state index in [4.69, 9.17) is 14.6 Å². The van der Waals surface area contributed by atoms with Crippen molar-refractivity contribution >= 4 is 0 Å². The molecule has 0 fully saturated rings. The summed E-state index contributed by atoms with van der Waals surface area (Å²) in [4.78, 5) is 0. The van der Waals surface area contributed by atoms with Gasteiger partial charge in [-0.3, -0.25) is 0 Å². The van der Waals surface area contributed by atoms with E-state index in [1.807, 2.05) is 18.2 Å². The molecule has 0 aliphatic heterocycles. The molecule has 20 heavy (non-hydrogen) atoms. The zero-order chi connectivity index (χ0) is 14.8. The van der Waals surface area contributed by atoms with E-state index >= 15 is 0 Å². The lowest BCUT2D eigenvalue weighted by Gasteiger charge is -2.14. The Morgan fingerprint density at radius 3 is 2.70 bits per heavy atom. The molecule has 0 radical (unpaired) electrons. The Balaban J connectivity index is 2.14. The monoisotopic (exact) mass is 283 g/mol. The minimum Gasteiger partial charge on any atom is -0.497 e. The van der Waals surface area contributed by atoms with E-state index in [1.54, 1.807) is 20.1 Å². The summed E-state index contributed by atoms with van der Waals surface area (Å²) in [7, 11) is 1.60. The number of ether oxygens (including phenoxy) is 2. The van der Waals surface area contributed by atoms with Gasteiger partial charge in [-0.25, -0.2) is 0 Å². The number of hydrogen-bond donors (Lipinski definition) is 3. The molecule has 2 unspecified atom stereocenters. The summed E-state index contributed by atoms with van der Waals surface area (Å²) in [5.74, 6) is 1.41. The van der Waals surface area contributed by atoms with Crippen molar-refractivity contribution in [2.24, 2.45) is 0 Å². The summed E-state index contributed by atoms with van der Waals surface area (Å²) in [6, 6.07) is 7.29. The fourth-order valence-electron chi connectivity index (χ4n) is 1.73. The predicted molar refractivity (Wildman–Crippen MR) is 78.3 cm³/mol. The maximum Gasteiger partial charge on any atom is 0.123 e. The molecule has 0 saturated heterocycles. The molecule has 114 valence electrons. The standard InChI is InChI=1S/C15H25NO4/c1-12(17)5-4-8-16-10-13(18)11-20-15-7-3-6-14(9-15)19-2/h3,6-7,9,12-13,16-18H,4-5,8,10-11H2,1-2H3. The lowest BCUT2D eigenvalue weighted by Crippen LogP contribution is -2.32. The van der Waals surface area contributed by atoms with Gasteiger partial charge in [0.1, 0.15) is 24.2 Å². The molecule has 0 spiro atoms. The van der Waals surface area contributed by atoms with Gasteiger partial charge in [0, 0.05) is 12.6 Å². The van der Waals surface area contributed by atoms with Crippen molar-refractivity contribution in [1.29, 1.82) is 0 Å². The van der Waals surface area contributed by atoms with Crippen LogP contribution in [0.25, 0.3) is 0 Å². The molecule has 2 atom stereocenters. The average molecular weight is 283 g/mol. The topological polar surface area (TPSA) is 71.0 Å². The first-order chi connectivity index (χ1) is 9.61. The van der Waals surface area contributed by atoms with Crippen LogP contribution in [-0.2, 0) is 0 Å². The van der Waals surface area contributed by atoms with Crippen LogP contribution >= 0.6 is 0 Å². The molecule has 5 heteroatoms. The summed E-state index contributed by atoms with van der Waals surface area (Å²) in [5, 5.41) is 22.0. The Morgan fingerprint density at radius 2 is 2.00 bits per heavy atom. The lowest BCUT2D eigenvalue weighted by atomic mass is 10.2. The van der Waals surface area contributed by atoms with Crippen molar-refractivity contribution in [3.63, 3.8) is 0 Å². The molecule has 0 bridgehead atoms. The van der Waals surface area contributed by atoms with Crippen LogP contribution in [0.1, 0.15) is 19.8 Å². The third kappa shape index (κ3) is 7.33. The predicted octanol–water partition coefficient (Wildman–Crippen LogP) is 1.19. The molecule has 0 amide bonds. The van der Waals surface area contributed by atoms with Crippen molar-refractivity contribution in [2.45, 2.75) is 32.0 Å². The number of aliphatic hydroxyl groups is 2. The van der Waals surface area contributed by atoms with Gasteiger partial charge in [0.15, 0.2) is 0 Å². The van der Waals surface area contributed by atoms with Crippen LogP contribution in [0.5, 0.6) is 11.5 Å². The summed E-state index contributed by atoms with van der Waals surface area (Å²) < 4.78 is 10.6. The first kappa shape index (κ1) is 16.8. The number of rotatable bonds is 10. The fraction of sp³-hybridized carbons (Fsp3) is 0.600. The van der Waals surface area contributed by atoms with E-state index < -0.39 is 6.10 Å². The zero-order valence-electron chi connectivity index (χ0n) is 12.2. The number of methoxy groups -OCH3 is 1. The van der Waals surface area contributed by atoms with E-state index in [9.17, 15) is 5.11 Å². The smallest absolute Gasteiger partial charge is 0.123 e. The minimum absolute atomic E-state index is 0.233. The molecule has 5 nitrogen and oxygen atoms in total. The van der Waals surface area contributed by atoms with Gasteiger partial charge in [-0.1, -0.05) is 6.07 Å². The molecule has 3 N–H and O–H groups in total. The molecule has 0 aliphatic carbocycles. The van der Waals surface area contributed by atoms with Crippen LogP contribution in [0.4, 0.5) is 0 Å². The molecule has 0 aromatic heterocycles. The lowest BCUT2D eigenvalue weighted by molar-refractivity contribution is 0.106. The summed E-state index contributed by atoms with van der Waals surface area (Å²) in [5.41, 5.74) is 0. The SMILES string of the molecule is COc1cccc(OCC(O)CNCCCC(C)O)c1. The van der Waals surface area contributed by atoms with Crippen LogP contribution in [-0.4, -0.2) is 49.2 Å². The Morgan fingerprint density at radius 1 is 1.25 bits per heavy atom. The number of benzene rings is 1. The van der Waals surface area contributed by atoms with Crippen LogP contribution in [0.3, 0.4) is 0 Å². The number of nitrogens with one attached hydrogen (secondary N) is 1. The van der Waals surface area contributed by atoms with Crippen LogP contribution in [0.2, 0.25) is 0 Å². The first-order valence-corrected chi connectivity index (χ1v) is 6.95. The summed E-state index contributed by atoms with van der Waals surface area (Å²) in [6.07, 6.45) is 0.829. The Hall–Kier alpha value is -1.30. The zero-order valence-corrected chi connectivity index (χ0v) is 12.2. The highest BCUT2D eigenvalue weighted by molar-refractivity contribution is 5.32. The van der Waals surface area contributed by atoms with E-state index in [-0.39, 0.29) is 12.7 Å². The number of hydrogen-bond acceptors (Lipinski definition) is 5. The molecule has 0 aliphatic rings. The molecular formula is C15H25NO4. The quantitative estimate of drug-likeness (QED) is 0.563. The second-order valence-electron chi connectivity index (χ2n) is 4.84. The second kappa shape index (κ2) is 9.58. The van der Waals surface area contributed by atoms with Gasteiger partial charge in [-0.2, -0.15) is 0 Å². The van der Waals surface area contributed by atoms with Crippen molar-refractivity contribution < 1.29 is 19.7 Å². The highest BCUT2D eigenvalue weighted by atomic mass is 16.5. The maximum absolute atomic E-state index is 9.78. The van der Waals surface area contributed by atoms with E-state index in [1.165, 1.54) is 0 Å². The van der Waals surface area contributed by atoms with Gasteiger partial charge < -0.3 is 25.0 Å². The third-order valence-electron chi connectivity index (χ3n) is 2.84. The van der Waals surface area contributed by atoms with Gasteiger partial charge >= 0.3 is 0 Å². The van der Waals surface area contributed by atoms with Gasteiger partial charge in [0.05, 0.1) is 13.2 Å². The molecule has 0 saturated carbocycles. The molecular weight excluding hydrogens is 258 g/mol. The largest absolute Gasteiger partial charge is 0.497 e. The van der Waals surface area contributed by atoms with Crippen LogP contribution in [0, 0.1) is 0 Å². The van der Waals surface area contributed by atoms with Crippen molar-refractivity contribution in [1.82, 2.24) is 5.32 Å². The average Bonchev–Trinajstić information content (AvgIpc) is 2.44. The number of aliphatic hydroxyl groups excluding tert-OH is 2. The molecule has 1 aromatic rings. The first-order valence-electron chi connectivity index (χ1n) is 6.95. The minimum atomic E-state index is -0.562. The summed E-state index contributed by atoms with van der Waals surface area (Å²) >= 11 is 0. The highest BCUT2D eigenvalue weighted by Gasteiger charge is 2.05. The summed E-state index contributed by atoms with van der Waals surface area (Å²) in [6.45, 7) is 3.26. The van der Waals surface area contributed by atoms with Crippen LogP contribution < -0.4 is 14.8 Å². The molecule has 0 heterocycles. The maximum atomic E-state index is 9.78. The van der Waals surface area contributed by atoms with Crippen LogP contribution in [0.15, 0.2) is 24.3 Å². The van der Waals surface area contributed by atoms with Gasteiger partial charge in [-0.15, -0.1) is 0 Å². The van der Waals surface area contributed by atoms with E-state index in [0.29, 0.717) is 12.3 Å². The van der Waals surface area contributed by atoms with Gasteiger partial charge in [0.25, 0.3) is 0 Å². The molecule has 1 rings (SSSR count). The Kier molecular flexibility index (Phi) is 8.02. The Labute approximate surface area is 120 Å². The normalized spacial score (nSPS) is 13.8. The Bertz CT molecular complexity index is 371. The van der Waals surface area contributed by atoms with Crippen molar-refractivity contribution in [3.05, 3.63) is 24.3 Å². The van der Waals surface area contributed by atoms with E-state index in [0.717, 1.165) is 25.1 Å². The fourth-order valence-corrected chi connectivity index (χ4v) is 1.73. The van der Waals surface area contributed by atoms with Gasteiger partial charge in [-0.05, 0) is 38.4 Å². The highest BCUT2D eigenvalue weighted by Crippen LogP contribution is 2.18.